The van der Waals surface area contributed by atoms with Gasteiger partial charge >= 0.3 is 0 Å². The minimum Gasteiger partial charge on any atom is -0.495 e. The molecule has 4 rings (SSSR count). The molecule has 6 heteroatoms. The number of benzene rings is 3. The molecule has 3 aromatic carbocycles. The van der Waals surface area contributed by atoms with Crippen molar-refractivity contribution in [2.75, 3.05) is 24.9 Å². The van der Waals surface area contributed by atoms with E-state index in [0.717, 1.165) is 22.0 Å². The number of rotatable bonds is 6. The van der Waals surface area contributed by atoms with Crippen molar-refractivity contribution in [1.82, 2.24) is 0 Å². The molecule has 1 amide bonds. The normalized spacial score (nSPS) is 12.0. The molecule has 0 aliphatic rings. The van der Waals surface area contributed by atoms with Gasteiger partial charge in [0.05, 0.1) is 25.6 Å². The standard InChI is InChI=1S/C23H22N2O4/c1-14(24-17-9-5-7-11-20(17)27-2)23(26)25-18-13-21-16(12-22(18)28-3)15-8-4-6-10-19(15)29-21/h4-14,24H,1-3H3,(H,25,26)/t14-/m0/s1. The monoisotopic (exact) mass is 390 g/mol. The zero-order chi connectivity index (χ0) is 20.4. The van der Waals surface area contributed by atoms with E-state index in [1.54, 1.807) is 27.2 Å². The number of methoxy groups -OCH3 is 2. The van der Waals surface area contributed by atoms with Crippen molar-refractivity contribution in [1.29, 1.82) is 0 Å². The highest BCUT2D eigenvalue weighted by Gasteiger charge is 2.18. The summed E-state index contributed by atoms with van der Waals surface area (Å²) in [4.78, 5) is 12.8. The highest BCUT2D eigenvalue weighted by atomic mass is 16.5. The molecule has 6 nitrogen and oxygen atoms in total. The molecule has 4 aromatic rings. The number of carbonyl (C=O) groups is 1. The van der Waals surface area contributed by atoms with Gasteiger partial charge < -0.3 is 24.5 Å². The number of amides is 1. The molecule has 1 heterocycles. The smallest absolute Gasteiger partial charge is 0.246 e. The third kappa shape index (κ3) is 3.57. The van der Waals surface area contributed by atoms with Crippen LogP contribution in [0, 0.1) is 0 Å². The number of ether oxygens (including phenoxy) is 2. The van der Waals surface area contributed by atoms with E-state index in [4.69, 9.17) is 13.9 Å². The van der Waals surface area contributed by atoms with Gasteiger partial charge in [-0.2, -0.15) is 0 Å². The van der Waals surface area contributed by atoms with Crippen molar-refractivity contribution in [2.24, 2.45) is 0 Å². The number of nitrogens with one attached hydrogen (secondary N) is 2. The Balaban J connectivity index is 1.60. The predicted molar refractivity (Wildman–Crippen MR) is 115 cm³/mol. The number of hydrogen-bond acceptors (Lipinski definition) is 5. The molecule has 1 aromatic heterocycles. The van der Waals surface area contributed by atoms with Crippen LogP contribution in [0.15, 0.2) is 65.1 Å². The number of fused-ring (bicyclic) bond motifs is 3. The first-order valence-corrected chi connectivity index (χ1v) is 9.30. The SMILES string of the molecule is COc1cc2c(cc1NC(=O)[C@H](C)Nc1ccccc1OC)oc1ccccc12. The lowest BCUT2D eigenvalue weighted by Gasteiger charge is -2.18. The first-order chi connectivity index (χ1) is 14.1. The quantitative estimate of drug-likeness (QED) is 0.482. The minimum atomic E-state index is -0.498. The Morgan fingerprint density at radius 1 is 0.862 bits per heavy atom. The van der Waals surface area contributed by atoms with E-state index in [1.165, 1.54) is 0 Å². The summed E-state index contributed by atoms with van der Waals surface area (Å²) < 4.78 is 16.8. The van der Waals surface area contributed by atoms with Crippen molar-refractivity contribution in [2.45, 2.75) is 13.0 Å². The topological polar surface area (TPSA) is 72.7 Å². The molecular formula is C23H22N2O4. The lowest BCUT2D eigenvalue weighted by molar-refractivity contribution is -0.116. The van der Waals surface area contributed by atoms with Crippen LogP contribution >= 0.6 is 0 Å². The van der Waals surface area contributed by atoms with Crippen LogP contribution in [0.2, 0.25) is 0 Å². The number of carbonyl (C=O) groups excluding carboxylic acids is 1. The molecule has 0 spiro atoms. The summed E-state index contributed by atoms with van der Waals surface area (Å²) in [5, 5.41) is 8.05. The van der Waals surface area contributed by atoms with Gasteiger partial charge in [-0.05, 0) is 31.2 Å². The number of furan rings is 1. The molecule has 148 valence electrons. The Kier molecular flexibility index (Phi) is 4.99. The molecule has 0 unspecified atom stereocenters. The van der Waals surface area contributed by atoms with Crippen LogP contribution < -0.4 is 20.1 Å². The van der Waals surface area contributed by atoms with Gasteiger partial charge in [-0.1, -0.05) is 30.3 Å². The van der Waals surface area contributed by atoms with E-state index in [-0.39, 0.29) is 5.91 Å². The Morgan fingerprint density at radius 3 is 2.38 bits per heavy atom. The Hall–Kier alpha value is -3.67. The molecule has 0 bridgehead atoms. The molecular weight excluding hydrogens is 368 g/mol. The van der Waals surface area contributed by atoms with Crippen LogP contribution in [0.4, 0.5) is 11.4 Å². The van der Waals surface area contributed by atoms with Crippen LogP contribution in [0.1, 0.15) is 6.92 Å². The second kappa shape index (κ2) is 7.75. The third-order valence-electron chi connectivity index (χ3n) is 4.83. The van der Waals surface area contributed by atoms with Gasteiger partial charge in [0.1, 0.15) is 28.7 Å². The molecule has 0 radical (unpaired) electrons. The van der Waals surface area contributed by atoms with E-state index in [1.807, 2.05) is 54.6 Å². The van der Waals surface area contributed by atoms with Gasteiger partial charge in [-0.15, -0.1) is 0 Å². The maximum absolute atomic E-state index is 12.8. The number of para-hydroxylation sites is 3. The first kappa shape index (κ1) is 18.7. The fraction of sp³-hybridized carbons (Fsp3) is 0.174. The molecule has 29 heavy (non-hydrogen) atoms. The lowest BCUT2D eigenvalue weighted by Crippen LogP contribution is -2.32. The van der Waals surface area contributed by atoms with Crippen molar-refractivity contribution in [3.63, 3.8) is 0 Å². The van der Waals surface area contributed by atoms with Gasteiger partial charge in [0.2, 0.25) is 5.91 Å². The van der Waals surface area contributed by atoms with E-state index in [0.29, 0.717) is 22.8 Å². The van der Waals surface area contributed by atoms with Crippen LogP contribution in [0.25, 0.3) is 21.9 Å². The zero-order valence-electron chi connectivity index (χ0n) is 16.5. The average Bonchev–Trinajstić information content (AvgIpc) is 3.10. The summed E-state index contributed by atoms with van der Waals surface area (Å²) in [6.07, 6.45) is 0. The summed E-state index contributed by atoms with van der Waals surface area (Å²) in [6, 6.07) is 18.4. The van der Waals surface area contributed by atoms with Crippen LogP contribution in [-0.4, -0.2) is 26.2 Å². The van der Waals surface area contributed by atoms with Gasteiger partial charge in [0, 0.05) is 16.8 Å². The lowest BCUT2D eigenvalue weighted by atomic mass is 10.1. The van der Waals surface area contributed by atoms with Gasteiger partial charge in [-0.3, -0.25) is 4.79 Å². The predicted octanol–water partition coefficient (Wildman–Crippen LogP) is 5.04. The highest BCUT2D eigenvalue weighted by Crippen LogP contribution is 2.36. The summed E-state index contributed by atoms with van der Waals surface area (Å²) in [7, 11) is 3.17. The summed E-state index contributed by atoms with van der Waals surface area (Å²) in [6.45, 7) is 1.79. The van der Waals surface area contributed by atoms with E-state index in [9.17, 15) is 4.79 Å². The highest BCUT2D eigenvalue weighted by molar-refractivity contribution is 6.08. The minimum absolute atomic E-state index is 0.204. The van der Waals surface area contributed by atoms with Crippen molar-refractivity contribution in [3.05, 3.63) is 60.7 Å². The number of hydrogen-bond donors (Lipinski definition) is 2. The molecule has 0 saturated carbocycles. The van der Waals surface area contributed by atoms with E-state index in [2.05, 4.69) is 10.6 Å². The van der Waals surface area contributed by atoms with Gasteiger partial charge in [-0.25, -0.2) is 0 Å². The largest absolute Gasteiger partial charge is 0.495 e. The van der Waals surface area contributed by atoms with Gasteiger partial charge in [0.15, 0.2) is 0 Å². The average molecular weight is 390 g/mol. The Morgan fingerprint density at radius 2 is 1.59 bits per heavy atom. The van der Waals surface area contributed by atoms with E-state index < -0.39 is 6.04 Å². The fourth-order valence-electron chi connectivity index (χ4n) is 3.32. The molecule has 1 atom stereocenters. The van der Waals surface area contributed by atoms with Crippen LogP contribution in [0.3, 0.4) is 0 Å². The maximum atomic E-state index is 12.8. The summed E-state index contributed by atoms with van der Waals surface area (Å²) >= 11 is 0. The second-order valence-electron chi connectivity index (χ2n) is 6.70. The molecule has 0 saturated heterocycles. The molecule has 0 aliphatic carbocycles. The van der Waals surface area contributed by atoms with Crippen LogP contribution in [0.5, 0.6) is 11.5 Å². The van der Waals surface area contributed by atoms with E-state index >= 15 is 0 Å². The van der Waals surface area contributed by atoms with Gasteiger partial charge in [0.25, 0.3) is 0 Å². The molecule has 0 aliphatic heterocycles. The summed E-state index contributed by atoms with van der Waals surface area (Å²) in [5.41, 5.74) is 2.78. The maximum Gasteiger partial charge on any atom is 0.246 e. The molecule has 0 fully saturated rings. The zero-order valence-corrected chi connectivity index (χ0v) is 16.5. The Labute approximate surface area is 168 Å². The third-order valence-corrected chi connectivity index (χ3v) is 4.83. The fourth-order valence-corrected chi connectivity index (χ4v) is 3.32. The second-order valence-corrected chi connectivity index (χ2v) is 6.70. The Bertz CT molecular complexity index is 1180. The first-order valence-electron chi connectivity index (χ1n) is 9.30. The van der Waals surface area contributed by atoms with Crippen molar-refractivity contribution >= 4 is 39.2 Å². The summed E-state index contributed by atoms with van der Waals surface area (Å²) in [5.74, 6) is 1.04. The number of anilines is 2. The van der Waals surface area contributed by atoms with Crippen molar-refractivity contribution in [3.8, 4) is 11.5 Å². The molecule has 2 N–H and O–H groups in total. The van der Waals surface area contributed by atoms with Crippen LogP contribution in [-0.2, 0) is 4.79 Å². The van der Waals surface area contributed by atoms with Crippen molar-refractivity contribution < 1.29 is 18.7 Å².